The number of carboxylic acid groups (broad SMARTS) is 1. The molecular formula is C12H10BrNO5S2. The molecule has 0 aliphatic rings. The Morgan fingerprint density at radius 2 is 2.00 bits per heavy atom. The predicted octanol–water partition coefficient (Wildman–Crippen LogP) is 2.62. The minimum atomic E-state index is -3.95. The summed E-state index contributed by atoms with van der Waals surface area (Å²) in [4.78, 5) is 17.5. The largest absolute Gasteiger partial charge is 0.477 e. The summed E-state index contributed by atoms with van der Waals surface area (Å²) < 4.78 is 24.3. The fraction of sp³-hybridized carbons (Fsp3) is 0.0833. The number of hydrogen-bond acceptors (Lipinski definition) is 5. The van der Waals surface area contributed by atoms with E-state index in [1.54, 1.807) is 12.1 Å². The predicted molar refractivity (Wildman–Crippen MR) is 80.5 cm³/mol. The van der Waals surface area contributed by atoms with Crippen LogP contribution in [-0.4, -0.2) is 19.5 Å². The standard InChI is InChI=1S/C12H10BrNO5S2/c13-11-10(6-9(20-11)12(15)16)21(17,18)14-19-7-8-4-2-1-3-5-8/h1-6,14H,7H2,(H,15,16). The lowest BCUT2D eigenvalue weighted by Crippen LogP contribution is -2.23. The van der Waals surface area contributed by atoms with Crippen molar-refractivity contribution in [2.45, 2.75) is 11.5 Å². The van der Waals surface area contributed by atoms with Gasteiger partial charge in [-0.25, -0.2) is 13.2 Å². The van der Waals surface area contributed by atoms with Gasteiger partial charge in [0.15, 0.2) is 0 Å². The summed E-state index contributed by atoms with van der Waals surface area (Å²) >= 11 is 3.86. The van der Waals surface area contributed by atoms with Gasteiger partial charge < -0.3 is 5.11 Å². The molecule has 0 radical (unpaired) electrons. The van der Waals surface area contributed by atoms with Gasteiger partial charge in [-0.1, -0.05) is 35.2 Å². The minimum absolute atomic E-state index is 0.0631. The second-order valence-corrected chi connectivity index (χ2v) is 7.90. The summed E-state index contributed by atoms with van der Waals surface area (Å²) in [5, 5.41) is 8.86. The average Bonchev–Trinajstić information content (AvgIpc) is 2.83. The minimum Gasteiger partial charge on any atom is -0.477 e. The zero-order chi connectivity index (χ0) is 15.5. The highest BCUT2D eigenvalue weighted by Gasteiger charge is 2.23. The molecule has 0 atom stereocenters. The first-order valence-corrected chi connectivity index (χ1v) is 8.69. The fourth-order valence-corrected chi connectivity index (χ4v) is 4.66. The van der Waals surface area contributed by atoms with Crippen LogP contribution >= 0.6 is 27.3 Å². The molecule has 0 bridgehead atoms. The smallest absolute Gasteiger partial charge is 0.345 e. The van der Waals surface area contributed by atoms with Gasteiger partial charge in [0.25, 0.3) is 10.0 Å². The number of benzene rings is 1. The molecule has 0 amide bonds. The molecule has 1 aromatic carbocycles. The van der Waals surface area contributed by atoms with Crippen LogP contribution in [0.25, 0.3) is 0 Å². The third-order valence-electron chi connectivity index (χ3n) is 2.41. The molecule has 0 aliphatic heterocycles. The van der Waals surface area contributed by atoms with Crippen molar-refractivity contribution >= 4 is 43.3 Å². The molecule has 0 aliphatic carbocycles. The van der Waals surface area contributed by atoms with Crippen molar-refractivity contribution in [3.05, 3.63) is 50.6 Å². The van der Waals surface area contributed by atoms with E-state index in [-0.39, 0.29) is 20.2 Å². The van der Waals surface area contributed by atoms with Crippen molar-refractivity contribution in [2.24, 2.45) is 0 Å². The maximum atomic E-state index is 12.0. The van der Waals surface area contributed by atoms with Crippen molar-refractivity contribution in [3.63, 3.8) is 0 Å². The quantitative estimate of drug-likeness (QED) is 0.738. The Morgan fingerprint density at radius 1 is 1.33 bits per heavy atom. The average molecular weight is 392 g/mol. The van der Waals surface area contributed by atoms with Crippen LogP contribution in [0.4, 0.5) is 0 Å². The topological polar surface area (TPSA) is 92.7 Å². The van der Waals surface area contributed by atoms with Gasteiger partial charge >= 0.3 is 5.97 Å². The lowest BCUT2D eigenvalue weighted by atomic mass is 10.2. The highest BCUT2D eigenvalue weighted by Crippen LogP contribution is 2.31. The Hall–Kier alpha value is -1.26. The number of sulfonamides is 1. The highest BCUT2D eigenvalue weighted by molar-refractivity contribution is 9.11. The first-order valence-electron chi connectivity index (χ1n) is 5.60. The van der Waals surface area contributed by atoms with Crippen molar-refractivity contribution in [1.29, 1.82) is 0 Å². The van der Waals surface area contributed by atoms with Crippen LogP contribution in [0.1, 0.15) is 15.2 Å². The summed E-state index contributed by atoms with van der Waals surface area (Å²) in [6, 6.07) is 10.1. The number of halogens is 1. The van der Waals surface area contributed by atoms with E-state index >= 15 is 0 Å². The van der Waals surface area contributed by atoms with Crippen molar-refractivity contribution < 1.29 is 23.2 Å². The molecule has 0 spiro atoms. The first-order chi connectivity index (χ1) is 9.90. The van der Waals surface area contributed by atoms with Gasteiger partial charge in [0.2, 0.25) is 0 Å². The SMILES string of the molecule is O=C(O)c1cc(S(=O)(=O)NOCc2ccccc2)c(Br)s1. The molecule has 2 aromatic rings. The van der Waals surface area contributed by atoms with Gasteiger partial charge in [-0.15, -0.1) is 11.3 Å². The molecule has 1 aromatic heterocycles. The molecule has 6 nitrogen and oxygen atoms in total. The number of hydrogen-bond donors (Lipinski definition) is 2. The molecule has 0 saturated heterocycles. The Kier molecular flexibility index (Phi) is 5.12. The van der Waals surface area contributed by atoms with E-state index in [0.717, 1.165) is 23.0 Å². The van der Waals surface area contributed by atoms with Crippen LogP contribution in [0, 0.1) is 0 Å². The number of thiophene rings is 1. The molecule has 112 valence electrons. The van der Waals surface area contributed by atoms with Crippen LogP contribution in [0.15, 0.2) is 45.1 Å². The van der Waals surface area contributed by atoms with E-state index in [1.807, 2.05) is 23.1 Å². The van der Waals surface area contributed by atoms with E-state index in [0.29, 0.717) is 0 Å². The molecule has 2 N–H and O–H groups in total. The number of carboxylic acids is 1. The van der Waals surface area contributed by atoms with E-state index in [2.05, 4.69) is 15.9 Å². The normalized spacial score (nSPS) is 11.5. The number of aromatic carboxylic acids is 1. The fourth-order valence-electron chi connectivity index (χ4n) is 1.45. The molecule has 1 heterocycles. The van der Waals surface area contributed by atoms with Crippen molar-refractivity contribution in [2.75, 3.05) is 0 Å². The van der Waals surface area contributed by atoms with Crippen LogP contribution in [0.3, 0.4) is 0 Å². The lowest BCUT2D eigenvalue weighted by Gasteiger charge is -2.06. The molecule has 0 saturated carbocycles. The molecule has 0 unspecified atom stereocenters. The lowest BCUT2D eigenvalue weighted by molar-refractivity contribution is 0.0702. The maximum absolute atomic E-state index is 12.0. The van der Waals surface area contributed by atoms with Crippen LogP contribution < -0.4 is 4.89 Å². The third kappa shape index (κ3) is 4.11. The molecule has 0 fully saturated rings. The Balaban J connectivity index is 2.07. The second-order valence-electron chi connectivity index (χ2n) is 3.91. The number of rotatable bonds is 6. The summed E-state index contributed by atoms with van der Waals surface area (Å²) in [6.07, 6.45) is 0. The summed E-state index contributed by atoms with van der Waals surface area (Å²) in [7, 11) is -3.95. The zero-order valence-electron chi connectivity index (χ0n) is 10.4. The molecule has 9 heteroatoms. The van der Waals surface area contributed by atoms with Gasteiger partial charge in [0, 0.05) is 0 Å². The Bertz CT molecular complexity index is 742. The summed E-state index contributed by atoms with van der Waals surface area (Å²) in [6.45, 7) is 0.0631. The first kappa shape index (κ1) is 16.1. The van der Waals surface area contributed by atoms with Gasteiger partial charge in [-0.3, -0.25) is 4.84 Å². The zero-order valence-corrected chi connectivity index (χ0v) is 13.7. The van der Waals surface area contributed by atoms with E-state index in [1.165, 1.54) is 0 Å². The summed E-state index contributed by atoms with van der Waals surface area (Å²) in [5.41, 5.74) is 0.802. The van der Waals surface area contributed by atoms with Crippen LogP contribution in [0.2, 0.25) is 0 Å². The van der Waals surface area contributed by atoms with Gasteiger partial charge in [0.05, 0.1) is 10.4 Å². The monoisotopic (exact) mass is 391 g/mol. The van der Waals surface area contributed by atoms with E-state index in [9.17, 15) is 13.2 Å². The molecule has 2 rings (SSSR count). The Morgan fingerprint density at radius 3 is 2.57 bits per heavy atom. The second kappa shape index (κ2) is 6.67. The van der Waals surface area contributed by atoms with E-state index < -0.39 is 16.0 Å². The molecule has 21 heavy (non-hydrogen) atoms. The summed E-state index contributed by atoms with van der Waals surface area (Å²) in [5.74, 6) is -1.19. The highest BCUT2D eigenvalue weighted by atomic mass is 79.9. The van der Waals surface area contributed by atoms with Crippen LogP contribution in [-0.2, 0) is 21.5 Å². The van der Waals surface area contributed by atoms with Crippen molar-refractivity contribution in [1.82, 2.24) is 4.89 Å². The van der Waals surface area contributed by atoms with Crippen LogP contribution in [0.5, 0.6) is 0 Å². The third-order valence-corrected chi connectivity index (χ3v) is 5.86. The van der Waals surface area contributed by atoms with Gasteiger partial charge in [-0.05, 0) is 27.6 Å². The van der Waals surface area contributed by atoms with Gasteiger partial charge in [0.1, 0.15) is 9.77 Å². The van der Waals surface area contributed by atoms with E-state index in [4.69, 9.17) is 9.94 Å². The number of carbonyl (C=O) groups is 1. The van der Waals surface area contributed by atoms with Gasteiger partial charge in [-0.2, -0.15) is 0 Å². The number of nitrogens with one attached hydrogen (secondary N) is 1. The Labute approximate surface area is 133 Å². The maximum Gasteiger partial charge on any atom is 0.345 e. The molecular weight excluding hydrogens is 382 g/mol. The van der Waals surface area contributed by atoms with Crippen molar-refractivity contribution in [3.8, 4) is 0 Å².